The van der Waals surface area contributed by atoms with Gasteiger partial charge in [0.15, 0.2) is 0 Å². The number of amides is 1. The Balaban J connectivity index is 3.88. The normalized spacial score (nSPS) is 11.0. The molecule has 0 atom stereocenters. The van der Waals surface area contributed by atoms with Gasteiger partial charge in [0.2, 0.25) is 0 Å². The van der Waals surface area contributed by atoms with Gasteiger partial charge in [-0.25, -0.2) is 4.79 Å². The van der Waals surface area contributed by atoms with Crippen molar-refractivity contribution in [2.45, 2.75) is 33.3 Å². The topological polar surface area (TPSA) is 29.5 Å². The molecule has 0 aliphatic heterocycles. The minimum atomic E-state index is -0.428. The first-order valence-corrected chi connectivity index (χ1v) is 3.68. The van der Waals surface area contributed by atoms with Gasteiger partial charge in [-0.1, -0.05) is 0 Å². The fourth-order valence-corrected chi connectivity index (χ4v) is 0.456. The first-order valence-electron chi connectivity index (χ1n) is 3.68. The summed E-state index contributed by atoms with van der Waals surface area (Å²) in [5, 5.41) is 0. The molecular weight excluding hydrogens is 142 g/mol. The van der Waals surface area contributed by atoms with Crippen LogP contribution < -0.4 is 0 Å². The van der Waals surface area contributed by atoms with Crippen molar-refractivity contribution in [2.75, 3.05) is 6.54 Å². The van der Waals surface area contributed by atoms with E-state index in [4.69, 9.17) is 4.74 Å². The molecule has 0 fully saturated rings. The summed E-state index contributed by atoms with van der Waals surface area (Å²) in [5.74, 6) is 0. The molecule has 0 unspecified atom stereocenters. The predicted molar refractivity (Wildman–Crippen MR) is 44.0 cm³/mol. The maximum atomic E-state index is 11.0. The Morgan fingerprint density at radius 1 is 1.55 bits per heavy atom. The van der Waals surface area contributed by atoms with Crippen LogP contribution in [0.25, 0.3) is 0 Å². The van der Waals surface area contributed by atoms with Crippen LogP contribution in [0.2, 0.25) is 0 Å². The van der Waals surface area contributed by atoms with Crippen molar-refractivity contribution in [3.63, 3.8) is 0 Å². The van der Waals surface area contributed by atoms with Gasteiger partial charge in [0.1, 0.15) is 5.60 Å². The molecule has 0 rings (SSSR count). The van der Waals surface area contributed by atoms with E-state index in [1.165, 1.54) is 4.90 Å². The van der Waals surface area contributed by atoms with Crippen molar-refractivity contribution >= 4 is 6.09 Å². The standard InChI is InChI=1S/C8H16NO2/c1-6-9(5)7(10)11-8(2,3)4/h5-6H2,1-4H3. The van der Waals surface area contributed by atoms with Crippen LogP contribution in [0, 0.1) is 7.05 Å². The van der Waals surface area contributed by atoms with E-state index < -0.39 is 5.60 Å². The molecule has 0 saturated heterocycles. The summed E-state index contributed by atoms with van der Waals surface area (Å²) in [6, 6.07) is 0. The Hall–Kier alpha value is -0.730. The molecule has 0 aromatic carbocycles. The first-order chi connectivity index (χ1) is 4.87. The quantitative estimate of drug-likeness (QED) is 0.584. The highest BCUT2D eigenvalue weighted by molar-refractivity contribution is 5.68. The van der Waals surface area contributed by atoms with E-state index in [1.807, 2.05) is 27.7 Å². The molecule has 0 aliphatic carbocycles. The maximum Gasteiger partial charge on any atom is 0.410 e. The molecule has 0 heterocycles. The lowest BCUT2D eigenvalue weighted by atomic mass is 10.2. The minimum Gasteiger partial charge on any atom is -0.444 e. The second kappa shape index (κ2) is 3.60. The van der Waals surface area contributed by atoms with E-state index in [0.29, 0.717) is 6.54 Å². The molecule has 3 heteroatoms. The number of ether oxygens (including phenoxy) is 1. The smallest absolute Gasteiger partial charge is 0.410 e. The molecule has 3 nitrogen and oxygen atoms in total. The lowest BCUT2D eigenvalue weighted by molar-refractivity contribution is 0.0337. The Kier molecular flexibility index (Phi) is 3.36. The van der Waals surface area contributed by atoms with Crippen molar-refractivity contribution in [2.24, 2.45) is 0 Å². The average Bonchev–Trinajstić information content (AvgIpc) is 1.82. The van der Waals surface area contributed by atoms with E-state index in [1.54, 1.807) is 0 Å². The average molecular weight is 158 g/mol. The summed E-state index contributed by atoms with van der Waals surface area (Å²) in [4.78, 5) is 12.3. The molecule has 1 amide bonds. The van der Waals surface area contributed by atoms with Crippen LogP contribution in [-0.2, 0) is 4.74 Å². The lowest BCUT2D eigenvalue weighted by Crippen LogP contribution is -2.32. The zero-order valence-corrected chi connectivity index (χ0v) is 7.68. The first kappa shape index (κ1) is 10.3. The van der Waals surface area contributed by atoms with Crippen LogP contribution in [-0.4, -0.2) is 23.1 Å². The van der Waals surface area contributed by atoms with Crippen LogP contribution in [0.5, 0.6) is 0 Å². The van der Waals surface area contributed by atoms with Gasteiger partial charge in [-0.15, -0.1) is 0 Å². The predicted octanol–water partition coefficient (Wildman–Crippen LogP) is 2.03. The number of carbonyl (C=O) groups excluding carboxylic acids is 1. The van der Waals surface area contributed by atoms with Crippen molar-refractivity contribution in [3.8, 4) is 0 Å². The van der Waals surface area contributed by atoms with Gasteiger partial charge >= 0.3 is 6.09 Å². The van der Waals surface area contributed by atoms with Crippen molar-refractivity contribution in [1.29, 1.82) is 0 Å². The third kappa shape index (κ3) is 4.65. The van der Waals surface area contributed by atoms with Crippen molar-refractivity contribution in [3.05, 3.63) is 7.05 Å². The Morgan fingerprint density at radius 2 is 2.00 bits per heavy atom. The highest BCUT2D eigenvalue weighted by atomic mass is 16.6. The van der Waals surface area contributed by atoms with Crippen LogP contribution in [0.4, 0.5) is 4.79 Å². The lowest BCUT2D eigenvalue weighted by Gasteiger charge is -2.23. The molecule has 0 aromatic heterocycles. The monoisotopic (exact) mass is 158 g/mol. The van der Waals surface area contributed by atoms with Crippen LogP contribution >= 0.6 is 0 Å². The van der Waals surface area contributed by atoms with Crippen LogP contribution in [0.15, 0.2) is 0 Å². The summed E-state index contributed by atoms with van der Waals surface area (Å²) >= 11 is 0. The Labute approximate surface area is 68.3 Å². The van der Waals surface area contributed by atoms with Gasteiger partial charge in [0.05, 0.1) is 0 Å². The van der Waals surface area contributed by atoms with Crippen molar-refractivity contribution < 1.29 is 9.53 Å². The highest BCUT2D eigenvalue weighted by Crippen LogP contribution is 2.08. The Morgan fingerprint density at radius 3 is 2.27 bits per heavy atom. The zero-order valence-electron chi connectivity index (χ0n) is 7.68. The number of hydrogen-bond donors (Lipinski definition) is 0. The second-order valence-corrected chi connectivity index (χ2v) is 3.34. The maximum absolute atomic E-state index is 11.0. The van der Waals surface area contributed by atoms with Gasteiger partial charge in [-0.2, -0.15) is 0 Å². The van der Waals surface area contributed by atoms with Crippen LogP contribution in [0.3, 0.4) is 0 Å². The molecule has 1 radical (unpaired) electrons. The molecule has 0 saturated carbocycles. The molecule has 0 N–H and O–H groups in total. The minimum absolute atomic E-state index is 0.375. The SMILES string of the molecule is [CH2]N(CC)C(=O)OC(C)(C)C. The number of rotatable bonds is 1. The van der Waals surface area contributed by atoms with Gasteiger partial charge in [0.25, 0.3) is 0 Å². The van der Waals surface area contributed by atoms with E-state index >= 15 is 0 Å². The van der Waals surface area contributed by atoms with Gasteiger partial charge < -0.3 is 9.64 Å². The summed E-state index contributed by atoms with van der Waals surface area (Å²) < 4.78 is 5.01. The molecular formula is C8H16NO2. The summed E-state index contributed by atoms with van der Waals surface area (Å²) in [5.41, 5.74) is -0.428. The summed E-state index contributed by atoms with van der Waals surface area (Å²) in [6.45, 7) is 7.89. The van der Waals surface area contributed by atoms with Gasteiger partial charge in [0, 0.05) is 13.6 Å². The number of hydrogen-bond acceptors (Lipinski definition) is 2. The van der Waals surface area contributed by atoms with E-state index in [2.05, 4.69) is 7.05 Å². The fourth-order valence-electron chi connectivity index (χ4n) is 0.456. The largest absolute Gasteiger partial charge is 0.444 e. The van der Waals surface area contributed by atoms with Crippen LogP contribution in [0.1, 0.15) is 27.7 Å². The van der Waals surface area contributed by atoms with Gasteiger partial charge in [-0.3, -0.25) is 0 Å². The fraction of sp³-hybridized carbons (Fsp3) is 0.750. The molecule has 11 heavy (non-hydrogen) atoms. The molecule has 0 spiro atoms. The van der Waals surface area contributed by atoms with E-state index in [-0.39, 0.29) is 6.09 Å². The Bertz CT molecular complexity index is 138. The highest BCUT2D eigenvalue weighted by Gasteiger charge is 2.18. The van der Waals surface area contributed by atoms with E-state index in [9.17, 15) is 4.79 Å². The summed E-state index contributed by atoms with van der Waals surface area (Å²) in [6.07, 6.45) is -0.375. The van der Waals surface area contributed by atoms with Gasteiger partial charge in [-0.05, 0) is 27.7 Å². The molecule has 0 bridgehead atoms. The third-order valence-corrected chi connectivity index (χ3v) is 1.03. The number of nitrogens with zero attached hydrogens (tertiary/aromatic N) is 1. The van der Waals surface area contributed by atoms with Crippen molar-refractivity contribution in [1.82, 2.24) is 4.90 Å². The molecule has 65 valence electrons. The van der Waals surface area contributed by atoms with E-state index in [0.717, 1.165) is 0 Å². The third-order valence-electron chi connectivity index (χ3n) is 1.03. The molecule has 0 aromatic rings. The summed E-state index contributed by atoms with van der Waals surface area (Å²) in [7, 11) is 3.50. The number of carbonyl (C=O) groups is 1. The zero-order chi connectivity index (χ0) is 9.07. The second-order valence-electron chi connectivity index (χ2n) is 3.34. The molecule has 0 aliphatic rings.